The van der Waals surface area contributed by atoms with Gasteiger partial charge in [-0.25, -0.2) is 0 Å². The fourth-order valence-corrected chi connectivity index (χ4v) is 3.32. The molecule has 2 aromatic rings. The number of nitriles is 1. The van der Waals surface area contributed by atoms with Crippen molar-refractivity contribution in [3.63, 3.8) is 0 Å². The molecule has 1 saturated carbocycles. The van der Waals surface area contributed by atoms with Gasteiger partial charge in [0.2, 0.25) is 5.95 Å². The van der Waals surface area contributed by atoms with Crippen molar-refractivity contribution in [2.45, 2.75) is 31.6 Å². The summed E-state index contributed by atoms with van der Waals surface area (Å²) in [6.07, 6.45) is 4.54. The molecule has 4 rings (SSSR count). The Hall–Kier alpha value is -2.88. The Bertz CT molecular complexity index is 855. The minimum Gasteiger partial charge on any atom is -0.370 e. The standard InChI is InChI=1S/C18H20N6O/c1-23-16(12-4-5-12)21-22-18(23)20-17(25)13-6-7-15(14(10-13)11-19)24-8-2-3-9-24/h6-7,10,12H,2-5,8-9H2,1H3,(H,20,22,25). The summed E-state index contributed by atoms with van der Waals surface area (Å²) in [4.78, 5) is 14.7. The molecule has 7 heteroatoms. The molecule has 0 unspecified atom stereocenters. The van der Waals surface area contributed by atoms with E-state index in [2.05, 4.69) is 26.5 Å². The number of nitrogens with zero attached hydrogens (tertiary/aromatic N) is 5. The molecule has 1 saturated heterocycles. The number of carbonyl (C=O) groups is 1. The summed E-state index contributed by atoms with van der Waals surface area (Å²) in [7, 11) is 1.86. The van der Waals surface area contributed by atoms with Crippen LogP contribution in [0, 0.1) is 11.3 Å². The van der Waals surface area contributed by atoms with E-state index in [0.717, 1.165) is 50.3 Å². The molecule has 1 aromatic carbocycles. The van der Waals surface area contributed by atoms with Gasteiger partial charge in [0.25, 0.3) is 5.91 Å². The molecule has 2 fully saturated rings. The first-order valence-electron chi connectivity index (χ1n) is 8.67. The maximum absolute atomic E-state index is 12.5. The van der Waals surface area contributed by atoms with Crippen LogP contribution in [0.4, 0.5) is 11.6 Å². The zero-order valence-electron chi connectivity index (χ0n) is 14.2. The van der Waals surface area contributed by atoms with E-state index in [1.807, 2.05) is 17.7 Å². The molecule has 128 valence electrons. The molecule has 1 N–H and O–H groups in total. The third-order valence-corrected chi connectivity index (χ3v) is 4.90. The topological polar surface area (TPSA) is 86.8 Å². The van der Waals surface area contributed by atoms with Gasteiger partial charge in [-0.3, -0.25) is 14.7 Å². The Morgan fingerprint density at radius 1 is 1.28 bits per heavy atom. The summed E-state index contributed by atoms with van der Waals surface area (Å²) in [6, 6.07) is 7.50. The smallest absolute Gasteiger partial charge is 0.258 e. The molecule has 1 aromatic heterocycles. The van der Waals surface area contributed by atoms with Crippen molar-refractivity contribution in [2.24, 2.45) is 7.05 Å². The number of amides is 1. The van der Waals surface area contributed by atoms with E-state index in [9.17, 15) is 10.1 Å². The highest BCUT2D eigenvalue weighted by atomic mass is 16.1. The largest absolute Gasteiger partial charge is 0.370 e. The molecule has 2 heterocycles. The second-order valence-corrected chi connectivity index (χ2v) is 6.71. The van der Waals surface area contributed by atoms with E-state index < -0.39 is 0 Å². The van der Waals surface area contributed by atoms with Crippen LogP contribution in [0.3, 0.4) is 0 Å². The number of carbonyl (C=O) groups excluding carboxylic acids is 1. The van der Waals surface area contributed by atoms with Crippen molar-refractivity contribution < 1.29 is 4.79 Å². The molecule has 1 amide bonds. The van der Waals surface area contributed by atoms with Crippen LogP contribution in [0.15, 0.2) is 18.2 Å². The van der Waals surface area contributed by atoms with Gasteiger partial charge in [-0.05, 0) is 43.9 Å². The van der Waals surface area contributed by atoms with Gasteiger partial charge < -0.3 is 4.90 Å². The van der Waals surface area contributed by atoms with Gasteiger partial charge in [-0.15, -0.1) is 10.2 Å². The third kappa shape index (κ3) is 2.95. The van der Waals surface area contributed by atoms with Crippen LogP contribution in [0.1, 0.15) is 53.3 Å². The van der Waals surface area contributed by atoms with Crippen molar-refractivity contribution in [2.75, 3.05) is 23.3 Å². The van der Waals surface area contributed by atoms with E-state index in [-0.39, 0.29) is 5.91 Å². The number of rotatable bonds is 4. The Kier molecular flexibility index (Phi) is 3.88. The Balaban J connectivity index is 1.55. The minimum absolute atomic E-state index is 0.276. The number of nitrogens with one attached hydrogen (secondary N) is 1. The summed E-state index contributed by atoms with van der Waals surface area (Å²) in [6.45, 7) is 1.92. The third-order valence-electron chi connectivity index (χ3n) is 4.90. The summed E-state index contributed by atoms with van der Waals surface area (Å²) >= 11 is 0. The first kappa shape index (κ1) is 15.6. The number of aromatic nitrogens is 3. The van der Waals surface area contributed by atoms with Crippen molar-refractivity contribution in [1.29, 1.82) is 5.26 Å². The van der Waals surface area contributed by atoms with Crippen LogP contribution in [0.2, 0.25) is 0 Å². The van der Waals surface area contributed by atoms with Crippen molar-refractivity contribution in [3.8, 4) is 6.07 Å². The van der Waals surface area contributed by atoms with Gasteiger partial charge in [0.15, 0.2) is 0 Å². The predicted molar refractivity (Wildman–Crippen MR) is 93.5 cm³/mol. The van der Waals surface area contributed by atoms with Gasteiger partial charge in [-0.2, -0.15) is 5.26 Å². The molecule has 1 aliphatic carbocycles. The number of benzene rings is 1. The van der Waals surface area contributed by atoms with Crippen LogP contribution in [0.5, 0.6) is 0 Å². The Morgan fingerprint density at radius 2 is 2.04 bits per heavy atom. The van der Waals surface area contributed by atoms with E-state index in [0.29, 0.717) is 23.0 Å². The molecule has 2 aliphatic rings. The second kappa shape index (κ2) is 6.20. The average Bonchev–Trinajstić information content (AvgIpc) is 3.19. The summed E-state index contributed by atoms with van der Waals surface area (Å²) in [5, 5.41) is 20.5. The summed E-state index contributed by atoms with van der Waals surface area (Å²) in [5.74, 6) is 1.54. The van der Waals surface area contributed by atoms with E-state index in [1.54, 1.807) is 12.1 Å². The normalized spacial score (nSPS) is 16.7. The monoisotopic (exact) mass is 336 g/mol. The summed E-state index contributed by atoms with van der Waals surface area (Å²) in [5.41, 5.74) is 1.90. The second-order valence-electron chi connectivity index (χ2n) is 6.71. The molecule has 7 nitrogen and oxygen atoms in total. The highest BCUT2D eigenvalue weighted by Gasteiger charge is 2.29. The zero-order chi connectivity index (χ0) is 17.4. The van der Waals surface area contributed by atoms with E-state index >= 15 is 0 Å². The van der Waals surface area contributed by atoms with Crippen molar-refractivity contribution >= 4 is 17.5 Å². The first-order chi connectivity index (χ1) is 12.2. The van der Waals surface area contributed by atoms with Gasteiger partial charge in [-0.1, -0.05) is 0 Å². The molecule has 0 spiro atoms. The lowest BCUT2D eigenvalue weighted by Crippen LogP contribution is -2.20. The van der Waals surface area contributed by atoms with Crippen LogP contribution in [-0.4, -0.2) is 33.8 Å². The lowest BCUT2D eigenvalue weighted by molar-refractivity contribution is 0.102. The van der Waals surface area contributed by atoms with E-state index in [1.165, 1.54) is 0 Å². The number of anilines is 2. The van der Waals surface area contributed by atoms with E-state index in [4.69, 9.17) is 0 Å². The van der Waals surface area contributed by atoms with Crippen LogP contribution >= 0.6 is 0 Å². The van der Waals surface area contributed by atoms with Crippen LogP contribution < -0.4 is 10.2 Å². The molecular weight excluding hydrogens is 316 g/mol. The van der Waals surface area contributed by atoms with Crippen molar-refractivity contribution in [3.05, 3.63) is 35.2 Å². The zero-order valence-corrected chi connectivity index (χ0v) is 14.2. The van der Waals surface area contributed by atoms with Crippen LogP contribution in [0.25, 0.3) is 0 Å². The molecule has 25 heavy (non-hydrogen) atoms. The van der Waals surface area contributed by atoms with Gasteiger partial charge in [0, 0.05) is 31.6 Å². The van der Waals surface area contributed by atoms with Gasteiger partial charge in [0.1, 0.15) is 11.9 Å². The summed E-state index contributed by atoms with van der Waals surface area (Å²) < 4.78 is 1.83. The fraction of sp³-hybridized carbons (Fsp3) is 0.444. The van der Waals surface area contributed by atoms with Crippen molar-refractivity contribution in [1.82, 2.24) is 14.8 Å². The molecular formula is C18H20N6O. The van der Waals surface area contributed by atoms with Crippen LogP contribution in [-0.2, 0) is 7.05 Å². The SMILES string of the molecule is Cn1c(NC(=O)c2ccc(N3CCCC3)c(C#N)c2)nnc1C1CC1. The molecule has 0 atom stereocenters. The lowest BCUT2D eigenvalue weighted by atomic mass is 10.1. The average molecular weight is 336 g/mol. The number of hydrogen-bond acceptors (Lipinski definition) is 5. The van der Waals surface area contributed by atoms with Gasteiger partial charge >= 0.3 is 0 Å². The molecule has 0 radical (unpaired) electrons. The maximum atomic E-state index is 12.5. The predicted octanol–water partition coefficient (Wildman–Crippen LogP) is 2.42. The fourth-order valence-electron chi connectivity index (χ4n) is 3.32. The minimum atomic E-state index is -0.276. The van der Waals surface area contributed by atoms with Gasteiger partial charge in [0.05, 0.1) is 11.3 Å². The maximum Gasteiger partial charge on any atom is 0.258 e. The quantitative estimate of drug-likeness (QED) is 0.926. The highest BCUT2D eigenvalue weighted by molar-refractivity contribution is 6.04. The first-order valence-corrected chi connectivity index (χ1v) is 8.67. The highest BCUT2D eigenvalue weighted by Crippen LogP contribution is 2.39. The lowest BCUT2D eigenvalue weighted by Gasteiger charge is -2.19. The molecule has 0 bridgehead atoms. The molecule has 1 aliphatic heterocycles. The Morgan fingerprint density at radius 3 is 2.72 bits per heavy atom. The number of hydrogen-bond donors (Lipinski definition) is 1. The Labute approximate surface area is 146 Å².